The maximum absolute atomic E-state index is 12.6. The number of carboxylic acids is 1. The minimum absolute atomic E-state index is 0.0552. The fourth-order valence-corrected chi connectivity index (χ4v) is 5.22. The molecule has 0 radical (unpaired) electrons. The number of nitrogens with zero attached hydrogens (tertiary/aromatic N) is 2. The number of fused-ring (bicyclic) bond motifs is 1. The molecule has 0 saturated carbocycles. The summed E-state index contributed by atoms with van der Waals surface area (Å²) >= 11 is 9.52. The minimum Gasteiger partial charge on any atom is -0.478 e. The third-order valence-electron chi connectivity index (χ3n) is 3.62. The first-order valence-corrected chi connectivity index (χ1v) is 10.1. The van der Waals surface area contributed by atoms with Crippen LogP contribution in [0.3, 0.4) is 0 Å². The number of nitrogens with one attached hydrogen (secondary N) is 1. The number of amides is 1. The first-order valence-electron chi connectivity index (χ1n) is 7.16. The van der Waals surface area contributed by atoms with Gasteiger partial charge in [0.25, 0.3) is 5.91 Å². The highest BCUT2D eigenvalue weighted by Crippen LogP contribution is 2.37. The Hall–Kier alpha value is -2.33. The Bertz CT molecular complexity index is 1130. The number of thiophene rings is 2. The SMILES string of the molecule is O=C(O)c1c(-c2ccc(Cl)cc2)csc1NC(=O)c1csc2nnsc12. The second kappa shape index (κ2) is 6.76. The molecule has 0 saturated heterocycles. The van der Waals surface area contributed by atoms with Gasteiger partial charge in [0.05, 0.1) is 10.3 Å². The smallest absolute Gasteiger partial charge is 0.339 e. The summed E-state index contributed by atoms with van der Waals surface area (Å²) < 4.78 is 4.52. The maximum Gasteiger partial charge on any atom is 0.339 e. The van der Waals surface area contributed by atoms with Crippen molar-refractivity contribution in [1.82, 2.24) is 9.59 Å². The van der Waals surface area contributed by atoms with E-state index in [-0.39, 0.29) is 16.5 Å². The number of carbonyl (C=O) groups excluding carboxylic acids is 1. The van der Waals surface area contributed by atoms with Gasteiger partial charge in [-0.2, -0.15) is 0 Å². The highest BCUT2D eigenvalue weighted by atomic mass is 35.5. The molecular weight excluding hydrogens is 414 g/mol. The molecule has 4 rings (SSSR count). The first kappa shape index (κ1) is 17.1. The molecule has 4 aromatic rings. The van der Waals surface area contributed by atoms with Crippen LogP contribution in [-0.2, 0) is 0 Å². The lowest BCUT2D eigenvalue weighted by Crippen LogP contribution is -2.12. The van der Waals surface area contributed by atoms with Gasteiger partial charge in [-0.1, -0.05) is 28.2 Å². The number of carboxylic acid groups (broad SMARTS) is 1. The lowest BCUT2D eigenvalue weighted by Gasteiger charge is -2.05. The second-order valence-electron chi connectivity index (χ2n) is 5.18. The van der Waals surface area contributed by atoms with Crippen LogP contribution in [0.4, 0.5) is 5.00 Å². The molecule has 26 heavy (non-hydrogen) atoms. The van der Waals surface area contributed by atoms with E-state index in [0.717, 1.165) is 11.5 Å². The van der Waals surface area contributed by atoms with Crippen molar-refractivity contribution in [2.24, 2.45) is 0 Å². The molecule has 130 valence electrons. The topological polar surface area (TPSA) is 92.2 Å². The van der Waals surface area contributed by atoms with E-state index in [1.54, 1.807) is 35.0 Å². The van der Waals surface area contributed by atoms with Gasteiger partial charge in [-0.05, 0) is 29.2 Å². The quantitative estimate of drug-likeness (QED) is 0.479. The molecule has 0 spiro atoms. The molecule has 0 atom stereocenters. The van der Waals surface area contributed by atoms with Crippen LogP contribution in [0.25, 0.3) is 20.7 Å². The summed E-state index contributed by atoms with van der Waals surface area (Å²) in [5.41, 5.74) is 1.75. The fraction of sp³-hybridized carbons (Fsp3) is 0. The van der Waals surface area contributed by atoms with E-state index < -0.39 is 5.97 Å². The largest absolute Gasteiger partial charge is 0.478 e. The minimum atomic E-state index is -1.11. The molecule has 0 unspecified atom stereocenters. The Morgan fingerprint density at radius 3 is 2.62 bits per heavy atom. The summed E-state index contributed by atoms with van der Waals surface area (Å²) in [7, 11) is 0. The van der Waals surface area contributed by atoms with E-state index in [4.69, 9.17) is 11.6 Å². The number of aromatic nitrogens is 2. The third kappa shape index (κ3) is 2.99. The van der Waals surface area contributed by atoms with E-state index >= 15 is 0 Å². The second-order valence-corrected chi connectivity index (χ2v) is 8.10. The number of benzene rings is 1. The Labute approximate surface area is 163 Å². The molecule has 0 fully saturated rings. The zero-order valence-corrected chi connectivity index (χ0v) is 15.9. The number of carbonyl (C=O) groups is 2. The van der Waals surface area contributed by atoms with Crippen molar-refractivity contribution < 1.29 is 14.7 Å². The van der Waals surface area contributed by atoms with Crippen molar-refractivity contribution in [3.8, 4) is 11.1 Å². The summed E-state index contributed by atoms with van der Waals surface area (Å²) in [6, 6.07) is 6.87. The van der Waals surface area contributed by atoms with Crippen LogP contribution in [0.1, 0.15) is 20.7 Å². The monoisotopic (exact) mass is 421 g/mol. The number of hydrogen-bond donors (Lipinski definition) is 2. The zero-order chi connectivity index (χ0) is 18.3. The van der Waals surface area contributed by atoms with Gasteiger partial charge in [-0.15, -0.1) is 27.8 Å². The third-order valence-corrected chi connectivity index (χ3v) is 6.52. The molecule has 0 aliphatic heterocycles. The molecule has 3 aromatic heterocycles. The normalized spacial score (nSPS) is 11.0. The van der Waals surface area contributed by atoms with Crippen molar-refractivity contribution in [1.29, 1.82) is 0 Å². The molecule has 0 bridgehead atoms. The average molecular weight is 422 g/mol. The summed E-state index contributed by atoms with van der Waals surface area (Å²) in [5, 5.41) is 20.5. The van der Waals surface area contributed by atoms with Gasteiger partial charge in [0.2, 0.25) is 0 Å². The molecule has 3 heterocycles. The highest BCUT2D eigenvalue weighted by Gasteiger charge is 2.23. The summed E-state index contributed by atoms with van der Waals surface area (Å²) in [5.74, 6) is -1.49. The molecular formula is C16H8ClN3O3S3. The molecule has 0 aliphatic rings. The average Bonchev–Trinajstić information content (AvgIpc) is 3.30. The van der Waals surface area contributed by atoms with E-state index in [1.165, 1.54) is 22.7 Å². The van der Waals surface area contributed by atoms with Gasteiger partial charge >= 0.3 is 5.97 Å². The Kier molecular flexibility index (Phi) is 4.45. The fourth-order valence-electron chi connectivity index (χ4n) is 2.42. The highest BCUT2D eigenvalue weighted by molar-refractivity contribution is 7.24. The Balaban J connectivity index is 1.71. The lowest BCUT2D eigenvalue weighted by molar-refractivity contribution is 0.0699. The predicted molar refractivity (Wildman–Crippen MR) is 105 cm³/mol. The van der Waals surface area contributed by atoms with E-state index in [0.29, 0.717) is 31.2 Å². The van der Waals surface area contributed by atoms with E-state index in [9.17, 15) is 14.7 Å². The van der Waals surface area contributed by atoms with Gasteiger partial charge in [0.1, 0.15) is 10.6 Å². The Morgan fingerprint density at radius 2 is 1.88 bits per heavy atom. The van der Waals surface area contributed by atoms with Crippen molar-refractivity contribution in [3.63, 3.8) is 0 Å². The standard InChI is InChI=1S/C16H8ClN3O3S3/c17-8-3-1-7(2-4-8)9-5-24-14(11(9)16(22)23)18-13(21)10-6-25-15-12(10)26-20-19-15/h1-6H,(H,18,21)(H,22,23). The van der Waals surface area contributed by atoms with Crippen LogP contribution in [0.5, 0.6) is 0 Å². The van der Waals surface area contributed by atoms with Gasteiger partial charge in [0.15, 0.2) is 4.83 Å². The van der Waals surface area contributed by atoms with Crippen LogP contribution in [-0.4, -0.2) is 26.6 Å². The molecule has 1 amide bonds. The zero-order valence-electron chi connectivity index (χ0n) is 12.7. The van der Waals surface area contributed by atoms with Crippen molar-refractivity contribution in [2.45, 2.75) is 0 Å². The van der Waals surface area contributed by atoms with Crippen LogP contribution >= 0.6 is 45.8 Å². The lowest BCUT2D eigenvalue weighted by atomic mass is 10.0. The van der Waals surface area contributed by atoms with Gasteiger partial charge in [-0.25, -0.2) is 4.79 Å². The summed E-state index contributed by atoms with van der Waals surface area (Å²) in [6.45, 7) is 0. The number of anilines is 1. The van der Waals surface area contributed by atoms with Gasteiger partial charge in [0, 0.05) is 21.3 Å². The predicted octanol–water partition coefficient (Wildman–Crippen LogP) is 5.09. The van der Waals surface area contributed by atoms with Crippen molar-refractivity contribution in [3.05, 3.63) is 51.2 Å². The molecule has 10 heteroatoms. The van der Waals surface area contributed by atoms with Crippen LogP contribution in [0, 0.1) is 0 Å². The first-order chi connectivity index (χ1) is 12.5. The molecule has 0 aliphatic carbocycles. The van der Waals surface area contributed by atoms with Crippen molar-refractivity contribution >= 4 is 72.2 Å². The van der Waals surface area contributed by atoms with E-state index in [2.05, 4.69) is 14.9 Å². The Morgan fingerprint density at radius 1 is 1.12 bits per heavy atom. The molecule has 6 nitrogen and oxygen atoms in total. The van der Waals surface area contributed by atoms with E-state index in [1.807, 2.05) is 0 Å². The van der Waals surface area contributed by atoms with Gasteiger partial charge in [-0.3, -0.25) is 4.79 Å². The number of rotatable bonds is 4. The van der Waals surface area contributed by atoms with Crippen molar-refractivity contribution in [2.75, 3.05) is 5.32 Å². The number of hydrogen-bond acceptors (Lipinski definition) is 7. The van der Waals surface area contributed by atoms with Crippen LogP contribution in [0.15, 0.2) is 35.0 Å². The number of aromatic carboxylic acids is 1. The molecule has 2 N–H and O–H groups in total. The van der Waals surface area contributed by atoms with Crippen LogP contribution < -0.4 is 5.32 Å². The van der Waals surface area contributed by atoms with Gasteiger partial charge < -0.3 is 10.4 Å². The molecule has 1 aromatic carbocycles. The summed E-state index contributed by atoms with van der Waals surface area (Å²) in [4.78, 5) is 25.1. The van der Waals surface area contributed by atoms with Crippen LogP contribution in [0.2, 0.25) is 5.02 Å². The maximum atomic E-state index is 12.6. The summed E-state index contributed by atoms with van der Waals surface area (Å²) in [6.07, 6.45) is 0. The number of halogens is 1.